The summed E-state index contributed by atoms with van der Waals surface area (Å²) in [5.74, 6) is 0.250. The molecule has 1 saturated carbocycles. The van der Waals surface area contributed by atoms with Crippen LogP contribution in [0.4, 0.5) is 5.82 Å². The van der Waals surface area contributed by atoms with E-state index in [-0.39, 0.29) is 22.8 Å². The lowest BCUT2D eigenvalue weighted by Gasteiger charge is -2.08. The second-order valence-electron chi connectivity index (χ2n) is 5.01. The summed E-state index contributed by atoms with van der Waals surface area (Å²) in [6.45, 7) is 4.24. The Balaban J connectivity index is 2.36. The van der Waals surface area contributed by atoms with Crippen LogP contribution in [0, 0.1) is 5.41 Å². The molecule has 0 saturated heterocycles. The summed E-state index contributed by atoms with van der Waals surface area (Å²) < 4.78 is 2.23. The highest BCUT2D eigenvalue weighted by molar-refractivity contribution is 5.35. The third kappa shape index (κ3) is 1.64. The zero-order valence-electron chi connectivity index (χ0n) is 9.94. The number of hydrogen-bond acceptors (Lipinski definition) is 4. The molecule has 1 heterocycles. The molecule has 0 bridgehead atoms. The molecule has 0 radical (unpaired) electrons. The largest absolute Gasteiger partial charge is 0.361 e. The van der Waals surface area contributed by atoms with Gasteiger partial charge in [-0.15, -0.1) is 5.10 Å². The maximum atomic E-state index is 11.7. The molecule has 1 aromatic rings. The van der Waals surface area contributed by atoms with E-state index in [1.165, 1.54) is 18.8 Å². The number of aromatic nitrogens is 3. The summed E-state index contributed by atoms with van der Waals surface area (Å²) in [4.78, 5) is 23.1. The number of anilines is 1. The van der Waals surface area contributed by atoms with E-state index < -0.39 is 5.69 Å². The van der Waals surface area contributed by atoms with E-state index in [9.17, 15) is 9.59 Å². The van der Waals surface area contributed by atoms with Crippen LogP contribution >= 0.6 is 0 Å². The van der Waals surface area contributed by atoms with Gasteiger partial charge >= 0.3 is 5.69 Å². The minimum Gasteiger partial charge on any atom is -0.361 e. The average molecular weight is 224 g/mol. The van der Waals surface area contributed by atoms with E-state index in [1.807, 2.05) is 0 Å². The van der Waals surface area contributed by atoms with Gasteiger partial charge in [-0.1, -0.05) is 13.8 Å². The van der Waals surface area contributed by atoms with Crippen LogP contribution in [-0.2, 0) is 14.1 Å². The van der Waals surface area contributed by atoms with Gasteiger partial charge in [-0.3, -0.25) is 9.36 Å². The van der Waals surface area contributed by atoms with Gasteiger partial charge in [0.2, 0.25) is 5.82 Å². The molecule has 2 rings (SSSR count). The van der Waals surface area contributed by atoms with Crippen molar-refractivity contribution in [3.63, 3.8) is 0 Å². The Morgan fingerprint density at radius 1 is 1.38 bits per heavy atom. The van der Waals surface area contributed by atoms with Crippen molar-refractivity contribution in [1.82, 2.24) is 14.3 Å². The van der Waals surface area contributed by atoms with Crippen molar-refractivity contribution in [1.29, 1.82) is 0 Å². The number of aryl methyl sites for hydroxylation is 1. The van der Waals surface area contributed by atoms with E-state index in [1.54, 1.807) is 0 Å². The number of hydrogen-bond donors (Lipinski definition) is 1. The molecule has 0 amide bonds. The number of nitrogens with one attached hydrogen (secondary N) is 1. The van der Waals surface area contributed by atoms with Gasteiger partial charge in [0.25, 0.3) is 5.56 Å². The Morgan fingerprint density at radius 3 is 2.44 bits per heavy atom. The van der Waals surface area contributed by atoms with Crippen LogP contribution < -0.4 is 16.6 Å². The Kier molecular flexibility index (Phi) is 2.18. The van der Waals surface area contributed by atoms with Gasteiger partial charge < -0.3 is 5.32 Å². The number of nitrogens with zero attached hydrogens (tertiary/aromatic N) is 3. The molecule has 1 fully saturated rings. The Labute approximate surface area is 92.9 Å². The Bertz CT molecular complexity index is 541. The maximum Gasteiger partial charge on any atom is 0.346 e. The smallest absolute Gasteiger partial charge is 0.346 e. The summed E-state index contributed by atoms with van der Waals surface area (Å²) in [7, 11) is 2.99. The Morgan fingerprint density at radius 2 is 1.94 bits per heavy atom. The zero-order valence-corrected chi connectivity index (χ0v) is 9.94. The first-order valence-corrected chi connectivity index (χ1v) is 5.24. The molecule has 6 nitrogen and oxygen atoms in total. The van der Waals surface area contributed by atoms with E-state index in [2.05, 4.69) is 24.3 Å². The van der Waals surface area contributed by atoms with E-state index in [0.717, 1.165) is 11.0 Å². The SMILES string of the molecule is Cn1nc(NC2CC2(C)C)c(=O)n(C)c1=O. The molecule has 0 aliphatic heterocycles. The average Bonchev–Trinajstić information content (AvgIpc) is 2.79. The predicted octanol–water partition coefficient (Wildman–Crippen LogP) is -0.311. The van der Waals surface area contributed by atoms with Gasteiger partial charge in [-0.05, 0) is 11.8 Å². The quantitative estimate of drug-likeness (QED) is 0.748. The first kappa shape index (κ1) is 10.9. The minimum atomic E-state index is -0.411. The molecule has 88 valence electrons. The van der Waals surface area contributed by atoms with Crippen molar-refractivity contribution in [2.75, 3.05) is 5.32 Å². The van der Waals surface area contributed by atoms with Crippen LogP contribution in [-0.4, -0.2) is 20.4 Å². The highest BCUT2D eigenvalue weighted by Crippen LogP contribution is 2.45. The molecular formula is C10H16N4O2. The Hall–Kier alpha value is -1.59. The van der Waals surface area contributed by atoms with Crippen molar-refractivity contribution >= 4 is 5.82 Å². The second kappa shape index (κ2) is 3.20. The minimum absolute atomic E-state index is 0.210. The van der Waals surface area contributed by atoms with Crippen LogP contribution in [0.2, 0.25) is 0 Å². The van der Waals surface area contributed by atoms with Gasteiger partial charge in [-0.25, -0.2) is 9.48 Å². The van der Waals surface area contributed by atoms with Crippen LogP contribution in [0.3, 0.4) is 0 Å². The monoisotopic (exact) mass is 224 g/mol. The van der Waals surface area contributed by atoms with Gasteiger partial charge in [0.15, 0.2) is 0 Å². The van der Waals surface area contributed by atoms with Crippen LogP contribution in [0.5, 0.6) is 0 Å². The summed E-state index contributed by atoms with van der Waals surface area (Å²) in [6.07, 6.45) is 1.01. The van der Waals surface area contributed by atoms with Crippen molar-refractivity contribution in [3.8, 4) is 0 Å². The molecule has 16 heavy (non-hydrogen) atoms. The first-order chi connectivity index (χ1) is 7.33. The van der Waals surface area contributed by atoms with Crippen molar-refractivity contribution in [3.05, 3.63) is 20.8 Å². The van der Waals surface area contributed by atoms with Crippen molar-refractivity contribution < 1.29 is 0 Å². The molecule has 1 aliphatic carbocycles. The lowest BCUT2D eigenvalue weighted by Crippen LogP contribution is -2.40. The topological polar surface area (TPSA) is 68.9 Å². The van der Waals surface area contributed by atoms with Crippen molar-refractivity contribution in [2.24, 2.45) is 19.5 Å². The summed E-state index contributed by atoms with van der Waals surface area (Å²) in [5.41, 5.74) is -0.571. The number of rotatable bonds is 2. The molecular weight excluding hydrogens is 208 g/mol. The molecule has 6 heteroatoms. The predicted molar refractivity (Wildman–Crippen MR) is 60.5 cm³/mol. The maximum absolute atomic E-state index is 11.7. The lowest BCUT2D eigenvalue weighted by molar-refractivity contribution is 0.594. The highest BCUT2D eigenvalue weighted by Gasteiger charge is 2.46. The van der Waals surface area contributed by atoms with Gasteiger partial charge in [0.05, 0.1) is 0 Å². The molecule has 1 aliphatic rings. The summed E-state index contributed by atoms with van der Waals surface area (Å²) >= 11 is 0. The van der Waals surface area contributed by atoms with E-state index in [0.29, 0.717) is 0 Å². The molecule has 1 unspecified atom stereocenters. The molecule has 1 atom stereocenters. The fraction of sp³-hybridized carbons (Fsp3) is 0.700. The van der Waals surface area contributed by atoms with Crippen LogP contribution in [0.15, 0.2) is 9.59 Å². The molecule has 1 N–H and O–H groups in total. The van der Waals surface area contributed by atoms with Gasteiger partial charge in [0.1, 0.15) is 0 Å². The molecule has 0 aromatic carbocycles. The van der Waals surface area contributed by atoms with Gasteiger partial charge in [-0.2, -0.15) is 0 Å². The van der Waals surface area contributed by atoms with E-state index >= 15 is 0 Å². The lowest BCUT2D eigenvalue weighted by atomic mass is 10.2. The van der Waals surface area contributed by atoms with E-state index in [4.69, 9.17) is 0 Å². The van der Waals surface area contributed by atoms with Gasteiger partial charge in [0, 0.05) is 20.1 Å². The highest BCUT2D eigenvalue weighted by atomic mass is 16.2. The summed E-state index contributed by atoms with van der Waals surface area (Å²) in [5, 5.41) is 7.02. The summed E-state index contributed by atoms with van der Waals surface area (Å²) in [6, 6.07) is 0.269. The fourth-order valence-corrected chi connectivity index (χ4v) is 1.67. The zero-order chi connectivity index (χ0) is 12.1. The molecule has 0 spiro atoms. The fourth-order valence-electron chi connectivity index (χ4n) is 1.67. The van der Waals surface area contributed by atoms with Crippen molar-refractivity contribution in [2.45, 2.75) is 26.3 Å². The normalized spacial score (nSPS) is 21.9. The molecule has 1 aromatic heterocycles. The third-order valence-corrected chi connectivity index (χ3v) is 3.15. The third-order valence-electron chi connectivity index (χ3n) is 3.15. The standard InChI is InChI=1S/C10H16N4O2/c1-10(2)5-6(10)11-7-8(15)13(3)9(16)14(4)12-7/h6H,5H2,1-4H3,(H,11,12). The first-order valence-electron chi connectivity index (χ1n) is 5.24. The van der Waals surface area contributed by atoms with Crippen LogP contribution in [0.1, 0.15) is 20.3 Å². The second-order valence-corrected chi connectivity index (χ2v) is 5.01. The van der Waals surface area contributed by atoms with Crippen LogP contribution in [0.25, 0.3) is 0 Å².